The lowest BCUT2D eigenvalue weighted by atomic mass is 9.83. The summed E-state index contributed by atoms with van der Waals surface area (Å²) in [5, 5.41) is 13.9. The van der Waals surface area contributed by atoms with Gasteiger partial charge >= 0.3 is 0 Å². The normalized spacial score (nSPS) is 19.3. The van der Waals surface area contributed by atoms with Gasteiger partial charge in [0.15, 0.2) is 11.6 Å². The van der Waals surface area contributed by atoms with E-state index in [2.05, 4.69) is 36.9 Å². The number of nitrogens with zero attached hydrogens (tertiary/aromatic N) is 3. The molecule has 0 bridgehead atoms. The summed E-state index contributed by atoms with van der Waals surface area (Å²) >= 11 is 0. The molecule has 3 heterocycles. The van der Waals surface area contributed by atoms with Gasteiger partial charge in [0, 0.05) is 17.7 Å². The molecule has 0 amide bonds. The van der Waals surface area contributed by atoms with Crippen molar-refractivity contribution >= 4 is 11.6 Å². The molecule has 0 atom stereocenters. The molecule has 4 rings (SSSR count). The highest BCUT2D eigenvalue weighted by Crippen LogP contribution is 2.36. The Kier molecular flexibility index (Phi) is 4.10. The van der Waals surface area contributed by atoms with Crippen molar-refractivity contribution in [3.05, 3.63) is 24.2 Å². The van der Waals surface area contributed by atoms with Crippen LogP contribution in [0.2, 0.25) is 0 Å². The van der Waals surface area contributed by atoms with Gasteiger partial charge < -0.3 is 15.4 Å². The molecule has 1 aliphatic carbocycles. The molecule has 0 spiro atoms. The number of ether oxygens (including phenoxy) is 1. The minimum absolute atomic E-state index is 0.219. The number of piperidine rings is 1. The van der Waals surface area contributed by atoms with E-state index in [1.807, 2.05) is 0 Å². The molecule has 2 aliphatic rings. The van der Waals surface area contributed by atoms with Crippen LogP contribution in [-0.4, -0.2) is 39.4 Å². The van der Waals surface area contributed by atoms with E-state index in [9.17, 15) is 0 Å². The van der Waals surface area contributed by atoms with Crippen LogP contribution in [0.4, 0.5) is 11.6 Å². The number of anilines is 2. The van der Waals surface area contributed by atoms with E-state index in [4.69, 9.17) is 4.74 Å². The van der Waals surface area contributed by atoms with Crippen LogP contribution < -0.4 is 15.4 Å². The molecule has 7 nitrogen and oxygen atoms in total. The van der Waals surface area contributed by atoms with Crippen molar-refractivity contribution in [1.29, 1.82) is 0 Å². The maximum atomic E-state index is 5.92. The Morgan fingerprint density at radius 1 is 1.09 bits per heavy atom. The molecule has 2 fully saturated rings. The average molecular weight is 314 g/mol. The standard InChI is InChI=1S/C16H22N6O/c1-2-11(3-1)13-8-14(22-21-13)19-15-9-18-10-16(20-15)23-12-4-6-17-7-5-12/h8-12,17H,1-7H2,(H2,19,20,21,22). The van der Waals surface area contributed by atoms with E-state index in [1.165, 1.54) is 25.0 Å². The van der Waals surface area contributed by atoms with Gasteiger partial charge in [0.05, 0.1) is 12.4 Å². The number of nitrogens with one attached hydrogen (secondary N) is 3. The van der Waals surface area contributed by atoms with E-state index < -0.39 is 0 Å². The number of rotatable bonds is 5. The van der Waals surface area contributed by atoms with Crippen LogP contribution in [0.15, 0.2) is 18.5 Å². The highest BCUT2D eigenvalue weighted by Gasteiger charge is 2.21. The smallest absolute Gasteiger partial charge is 0.234 e. The Bertz CT molecular complexity index is 648. The maximum absolute atomic E-state index is 5.92. The van der Waals surface area contributed by atoms with Gasteiger partial charge in [0.2, 0.25) is 5.88 Å². The lowest BCUT2D eigenvalue weighted by Crippen LogP contribution is -2.34. The molecule has 1 saturated heterocycles. The summed E-state index contributed by atoms with van der Waals surface area (Å²) in [7, 11) is 0. The zero-order valence-electron chi connectivity index (χ0n) is 13.1. The minimum atomic E-state index is 0.219. The van der Waals surface area contributed by atoms with Crippen molar-refractivity contribution in [2.45, 2.75) is 44.1 Å². The number of aromatic amines is 1. The Hall–Kier alpha value is -2.15. The average Bonchev–Trinajstić information content (AvgIpc) is 2.95. The Balaban J connectivity index is 1.40. The summed E-state index contributed by atoms with van der Waals surface area (Å²) in [4.78, 5) is 8.69. The van der Waals surface area contributed by atoms with Crippen LogP contribution in [0.3, 0.4) is 0 Å². The van der Waals surface area contributed by atoms with Crippen molar-refractivity contribution in [2.75, 3.05) is 18.4 Å². The monoisotopic (exact) mass is 314 g/mol. The Morgan fingerprint density at radius 2 is 1.96 bits per heavy atom. The highest BCUT2D eigenvalue weighted by atomic mass is 16.5. The predicted molar refractivity (Wildman–Crippen MR) is 87.0 cm³/mol. The summed E-state index contributed by atoms with van der Waals surface area (Å²) in [6, 6.07) is 2.06. The second-order valence-electron chi connectivity index (χ2n) is 6.27. The third-order valence-electron chi connectivity index (χ3n) is 4.58. The summed E-state index contributed by atoms with van der Waals surface area (Å²) in [5.74, 6) is 2.64. The van der Waals surface area contributed by atoms with Crippen molar-refractivity contribution in [3.8, 4) is 5.88 Å². The number of aromatic nitrogens is 4. The molecule has 23 heavy (non-hydrogen) atoms. The first-order chi connectivity index (χ1) is 11.4. The van der Waals surface area contributed by atoms with E-state index >= 15 is 0 Å². The molecule has 7 heteroatoms. The first-order valence-corrected chi connectivity index (χ1v) is 8.38. The van der Waals surface area contributed by atoms with Gasteiger partial charge in [-0.1, -0.05) is 6.42 Å². The van der Waals surface area contributed by atoms with Crippen LogP contribution in [0.25, 0.3) is 0 Å². The van der Waals surface area contributed by atoms with Crippen LogP contribution >= 0.6 is 0 Å². The van der Waals surface area contributed by atoms with Crippen LogP contribution in [-0.2, 0) is 0 Å². The zero-order chi connectivity index (χ0) is 15.5. The molecular formula is C16H22N6O. The van der Waals surface area contributed by atoms with Gasteiger partial charge in [-0.15, -0.1) is 0 Å². The topological polar surface area (TPSA) is 87.8 Å². The highest BCUT2D eigenvalue weighted by molar-refractivity contribution is 5.51. The van der Waals surface area contributed by atoms with E-state index in [0.29, 0.717) is 17.6 Å². The second kappa shape index (κ2) is 6.54. The molecule has 1 aliphatic heterocycles. The molecule has 0 radical (unpaired) electrons. The third-order valence-corrected chi connectivity index (χ3v) is 4.58. The molecule has 1 saturated carbocycles. The van der Waals surface area contributed by atoms with Gasteiger partial charge in [0.25, 0.3) is 0 Å². The van der Waals surface area contributed by atoms with Crippen molar-refractivity contribution < 1.29 is 4.74 Å². The van der Waals surface area contributed by atoms with Gasteiger partial charge in [-0.25, -0.2) is 0 Å². The Labute approximate surface area is 135 Å². The van der Waals surface area contributed by atoms with E-state index in [-0.39, 0.29) is 6.10 Å². The number of H-pyrrole nitrogens is 1. The summed E-state index contributed by atoms with van der Waals surface area (Å²) in [6.07, 6.45) is 9.39. The molecule has 3 N–H and O–H groups in total. The number of hydrogen-bond donors (Lipinski definition) is 3. The molecule has 0 aromatic carbocycles. The van der Waals surface area contributed by atoms with Crippen LogP contribution in [0.1, 0.15) is 43.7 Å². The van der Waals surface area contributed by atoms with Crippen molar-refractivity contribution in [1.82, 2.24) is 25.5 Å². The summed E-state index contributed by atoms with van der Waals surface area (Å²) in [5.41, 5.74) is 1.20. The second-order valence-corrected chi connectivity index (χ2v) is 6.27. The lowest BCUT2D eigenvalue weighted by molar-refractivity contribution is 0.155. The fourth-order valence-corrected chi connectivity index (χ4v) is 3.01. The van der Waals surface area contributed by atoms with Gasteiger partial charge in [0.1, 0.15) is 6.10 Å². The van der Waals surface area contributed by atoms with Gasteiger partial charge in [-0.2, -0.15) is 10.1 Å². The molecule has 2 aromatic heterocycles. The SMILES string of the molecule is c1ncc(OC2CCNCC2)nc1Nc1cc(C2CCC2)[nH]n1. The minimum Gasteiger partial charge on any atom is -0.473 e. The first-order valence-electron chi connectivity index (χ1n) is 8.38. The fraction of sp³-hybridized carbons (Fsp3) is 0.562. The molecule has 122 valence electrons. The quantitative estimate of drug-likeness (QED) is 0.785. The lowest BCUT2D eigenvalue weighted by Gasteiger charge is -2.23. The maximum Gasteiger partial charge on any atom is 0.234 e. The molecule has 2 aromatic rings. The molecule has 0 unspecified atom stereocenters. The largest absolute Gasteiger partial charge is 0.473 e. The van der Waals surface area contributed by atoms with E-state index in [1.54, 1.807) is 12.4 Å². The van der Waals surface area contributed by atoms with Crippen LogP contribution in [0, 0.1) is 0 Å². The Morgan fingerprint density at radius 3 is 2.74 bits per heavy atom. The van der Waals surface area contributed by atoms with E-state index in [0.717, 1.165) is 31.7 Å². The summed E-state index contributed by atoms with van der Waals surface area (Å²) in [6.45, 7) is 1.99. The fourth-order valence-electron chi connectivity index (χ4n) is 3.01. The van der Waals surface area contributed by atoms with Gasteiger partial charge in [-0.3, -0.25) is 10.1 Å². The summed E-state index contributed by atoms with van der Waals surface area (Å²) < 4.78 is 5.92. The predicted octanol–water partition coefficient (Wildman–Crippen LogP) is 2.34. The third kappa shape index (κ3) is 3.44. The van der Waals surface area contributed by atoms with Crippen LogP contribution in [0.5, 0.6) is 5.88 Å². The number of hydrogen-bond acceptors (Lipinski definition) is 6. The zero-order valence-corrected chi connectivity index (χ0v) is 13.1. The first kappa shape index (κ1) is 14.4. The van der Waals surface area contributed by atoms with Crippen molar-refractivity contribution in [3.63, 3.8) is 0 Å². The van der Waals surface area contributed by atoms with Gasteiger partial charge in [-0.05, 0) is 38.8 Å². The van der Waals surface area contributed by atoms with Crippen molar-refractivity contribution in [2.24, 2.45) is 0 Å². The molecular weight excluding hydrogens is 292 g/mol.